The Balaban J connectivity index is 2.16. The molecule has 1 aliphatic heterocycles. The lowest BCUT2D eigenvalue weighted by atomic mass is 9.86. The van der Waals surface area contributed by atoms with Crippen LogP contribution in [0.25, 0.3) is 0 Å². The Labute approximate surface area is 127 Å². The van der Waals surface area contributed by atoms with Crippen LogP contribution in [-0.2, 0) is 14.3 Å². The molecular formula is C16H28N2O3. The van der Waals surface area contributed by atoms with Crippen LogP contribution >= 0.6 is 0 Å². The van der Waals surface area contributed by atoms with Gasteiger partial charge in [0.05, 0.1) is 12.7 Å². The molecule has 0 spiro atoms. The van der Waals surface area contributed by atoms with E-state index in [4.69, 9.17) is 4.74 Å². The molecule has 1 N–H and O–H groups in total. The number of carbonyl (C=O) groups is 2. The first kappa shape index (κ1) is 16.3. The van der Waals surface area contributed by atoms with Crippen molar-refractivity contribution >= 4 is 11.8 Å². The van der Waals surface area contributed by atoms with Crippen molar-refractivity contribution in [2.75, 3.05) is 13.2 Å². The predicted octanol–water partition coefficient (Wildman–Crippen LogP) is 1.56. The summed E-state index contributed by atoms with van der Waals surface area (Å²) in [4.78, 5) is 27.2. The number of nitrogens with one attached hydrogen (secondary N) is 1. The fourth-order valence-corrected chi connectivity index (χ4v) is 3.18. The van der Waals surface area contributed by atoms with Gasteiger partial charge >= 0.3 is 0 Å². The zero-order chi connectivity index (χ0) is 15.8. The molecule has 1 aliphatic carbocycles. The number of piperazine rings is 1. The van der Waals surface area contributed by atoms with Crippen LogP contribution in [0, 0.1) is 11.8 Å². The molecule has 0 aromatic carbocycles. The van der Waals surface area contributed by atoms with Gasteiger partial charge in [0.15, 0.2) is 0 Å². The zero-order valence-corrected chi connectivity index (χ0v) is 13.8. The van der Waals surface area contributed by atoms with Gasteiger partial charge in [-0.15, -0.1) is 0 Å². The highest BCUT2D eigenvalue weighted by Crippen LogP contribution is 2.42. The minimum atomic E-state index is -0.722. The molecule has 2 unspecified atom stereocenters. The van der Waals surface area contributed by atoms with Crippen molar-refractivity contribution < 1.29 is 14.3 Å². The smallest absolute Gasteiger partial charge is 0.249 e. The second kappa shape index (κ2) is 5.95. The summed E-state index contributed by atoms with van der Waals surface area (Å²) in [6, 6.07) is -0.389. The van der Waals surface area contributed by atoms with Crippen molar-refractivity contribution in [1.82, 2.24) is 10.2 Å². The molecule has 2 rings (SSSR count). The van der Waals surface area contributed by atoms with Gasteiger partial charge in [0.25, 0.3) is 0 Å². The monoisotopic (exact) mass is 296 g/mol. The fraction of sp³-hybridized carbons (Fsp3) is 0.875. The maximum Gasteiger partial charge on any atom is 0.249 e. The van der Waals surface area contributed by atoms with Crippen LogP contribution in [0.3, 0.4) is 0 Å². The second-order valence-electron chi connectivity index (χ2n) is 7.07. The summed E-state index contributed by atoms with van der Waals surface area (Å²) >= 11 is 0. The number of hydrogen-bond donors (Lipinski definition) is 1. The molecular weight excluding hydrogens is 268 g/mol. The number of rotatable bonds is 6. The van der Waals surface area contributed by atoms with E-state index in [1.165, 1.54) is 0 Å². The van der Waals surface area contributed by atoms with Crippen molar-refractivity contribution in [3.8, 4) is 0 Å². The van der Waals surface area contributed by atoms with E-state index in [-0.39, 0.29) is 35.8 Å². The van der Waals surface area contributed by atoms with Gasteiger partial charge in [-0.1, -0.05) is 13.8 Å². The van der Waals surface area contributed by atoms with Crippen LogP contribution in [0.5, 0.6) is 0 Å². The van der Waals surface area contributed by atoms with E-state index in [1.807, 2.05) is 34.6 Å². The zero-order valence-electron chi connectivity index (χ0n) is 13.8. The Morgan fingerprint density at radius 2 is 1.90 bits per heavy atom. The number of nitrogens with zero attached hydrogens (tertiary/aromatic N) is 1. The van der Waals surface area contributed by atoms with Gasteiger partial charge in [-0.3, -0.25) is 9.59 Å². The van der Waals surface area contributed by atoms with Crippen LogP contribution in [0.2, 0.25) is 0 Å². The van der Waals surface area contributed by atoms with Crippen molar-refractivity contribution in [3.63, 3.8) is 0 Å². The molecule has 0 bridgehead atoms. The lowest BCUT2D eigenvalue weighted by Crippen LogP contribution is -2.71. The molecule has 2 aliphatic rings. The summed E-state index contributed by atoms with van der Waals surface area (Å²) in [6.07, 6.45) is 2.17. The molecule has 0 aromatic heterocycles. The van der Waals surface area contributed by atoms with Gasteiger partial charge in [0.2, 0.25) is 11.8 Å². The van der Waals surface area contributed by atoms with Crippen molar-refractivity contribution in [2.45, 2.75) is 65.1 Å². The Kier molecular flexibility index (Phi) is 4.61. The standard InChI is InChI=1S/C16H28N2O3/c1-10(2)13-14(19)17-16(5,12-6-7-12)15(20)18(13)8-9-21-11(3)4/h10-13H,6-9H2,1-5H3,(H,17,19). The first-order valence-electron chi connectivity index (χ1n) is 8.02. The minimum Gasteiger partial charge on any atom is -0.377 e. The predicted molar refractivity (Wildman–Crippen MR) is 80.7 cm³/mol. The van der Waals surface area contributed by atoms with Crippen molar-refractivity contribution in [3.05, 3.63) is 0 Å². The lowest BCUT2D eigenvalue weighted by Gasteiger charge is -2.46. The summed E-state index contributed by atoms with van der Waals surface area (Å²) in [7, 11) is 0. The summed E-state index contributed by atoms with van der Waals surface area (Å²) in [5, 5.41) is 2.99. The Bertz CT molecular complexity index is 418. The molecule has 2 amide bonds. The third kappa shape index (κ3) is 3.23. The van der Waals surface area contributed by atoms with E-state index in [0.717, 1.165) is 12.8 Å². The van der Waals surface area contributed by atoms with E-state index in [9.17, 15) is 9.59 Å². The van der Waals surface area contributed by atoms with Gasteiger partial charge in [0.1, 0.15) is 11.6 Å². The van der Waals surface area contributed by atoms with Crippen LogP contribution in [0.4, 0.5) is 0 Å². The van der Waals surface area contributed by atoms with E-state index >= 15 is 0 Å². The quantitative estimate of drug-likeness (QED) is 0.809. The maximum atomic E-state index is 12.9. The van der Waals surface area contributed by atoms with Crippen LogP contribution in [0.1, 0.15) is 47.5 Å². The first-order chi connectivity index (χ1) is 9.77. The molecule has 5 nitrogen and oxygen atoms in total. The third-order valence-electron chi connectivity index (χ3n) is 4.50. The third-order valence-corrected chi connectivity index (χ3v) is 4.50. The van der Waals surface area contributed by atoms with Gasteiger partial charge in [-0.05, 0) is 45.4 Å². The van der Waals surface area contributed by atoms with Gasteiger partial charge in [0, 0.05) is 6.54 Å². The van der Waals surface area contributed by atoms with Gasteiger partial charge in [-0.2, -0.15) is 0 Å². The Morgan fingerprint density at radius 3 is 2.38 bits per heavy atom. The lowest BCUT2D eigenvalue weighted by molar-refractivity contribution is -0.158. The molecule has 2 atom stereocenters. The molecule has 21 heavy (non-hydrogen) atoms. The molecule has 1 heterocycles. The fourth-order valence-electron chi connectivity index (χ4n) is 3.18. The molecule has 0 aromatic rings. The molecule has 2 fully saturated rings. The second-order valence-corrected chi connectivity index (χ2v) is 7.07. The van der Waals surface area contributed by atoms with Crippen LogP contribution in [0.15, 0.2) is 0 Å². The number of carbonyl (C=O) groups excluding carboxylic acids is 2. The van der Waals surface area contributed by atoms with Gasteiger partial charge < -0.3 is 15.0 Å². The molecule has 1 saturated carbocycles. The Hall–Kier alpha value is -1.10. The van der Waals surface area contributed by atoms with E-state index < -0.39 is 5.54 Å². The van der Waals surface area contributed by atoms with Crippen LogP contribution < -0.4 is 5.32 Å². The Morgan fingerprint density at radius 1 is 1.29 bits per heavy atom. The van der Waals surface area contributed by atoms with Crippen molar-refractivity contribution in [1.29, 1.82) is 0 Å². The highest BCUT2D eigenvalue weighted by molar-refractivity contribution is 6.00. The molecule has 5 heteroatoms. The highest BCUT2D eigenvalue weighted by Gasteiger charge is 2.55. The summed E-state index contributed by atoms with van der Waals surface area (Å²) < 4.78 is 5.57. The average molecular weight is 296 g/mol. The first-order valence-corrected chi connectivity index (χ1v) is 8.02. The highest BCUT2D eigenvalue weighted by atomic mass is 16.5. The van der Waals surface area contributed by atoms with Crippen molar-refractivity contribution in [2.24, 2.45) is 11.8 Å². The van der Waals surface area contributed by atoms with E-state index in [1.54, 1.807) is 4.90 Å². The largest absolute Gasteiger partial charge is 0.377 e. The maximum absolute atomic E-state index is 12.9. The van der Waals surface area contributed by atoms with E-state index in [0.29, 0.717) is 13.2 Å². The molecule has 0 radical (unpaired) electrons. The summed E-state index contributed by atoms with van der Waals surface area (Å²) in [6.45, 7) is 10.7. The topological polar surface area (TPSA) is 58.6 Å². The molecule has 120 valence electrons. The molecule has 1 saturated heterocycles. The van der Waals surface area contributed by atoms with Gasteiger partial charge in [-0.25, -0.2) is 0 Å². The number of hydrogen-bond acceptors (Lipinski definition) is 3. The summed E-state index contributed by atoms with van der Waals surface area (Å²) in [5.41, 5.74) is -0.722. The number of amides is 2. The average Bonchev–Trinajstić information content (AvgIpc) is 3.18. The van der Waals surface area contributed by atoms with E-state index in [2.05, 4.69) is 5.32 Å². The normalized spacial score (nSPS) is 30.2. The summed E-state index contributed by atoms with van der Waals surface area (Å²) in [5.74, 6) is 0.409. The van der Waals surface area contributed by atoms with Crippen LogP contribution in [-0.4, -0.2) is 47.6 Å². The minimum absolute atomic E-state index is 0.0245. The number of ether oxygens (including phenoxy) is 1. The SMILES string of the molecule is CC(C)OCCN1C(=O)C(C)(C2CC2)NC(=O)C1C(C)C.